The number of nitrogens with zero attached hydrogens (tertiary/aromatic N) is 1. The summed E-state index contributed by atoms with van der Waals surface area (Å²) in [4.78, 5) is 23.8. The number of amides is 1. The van der Waals surface area contributed by atoms with Gasteiger partial charge in [0, 0.05) is 18.8 Å². The fourth-order valence-electron chi connectivity index (χ4n) is 1.97. The Morgan fingerprint density at radius 2 is 2.10 bits per heavy atom. The van der Waals surface area contributed by atoms with Crippen LogP contribution in [0.15, 0.2) is 41.3 Å². The van der Waals surface area contributed by atoms with E-state index < -0.39 is 0 Å². The number of aryl methyl sites for hydroxylation is 1. The van der Waals surface area contributed by atoms with Crippen LogP contribution in [-0.4, -0.2) is 17.6 Å². The van der Waals surface area contributed by atoms with Crippen molar-refractivity contribution in [3.05, 3.63) is 52.4 Å². The second kappa shape index (κ2) is 6.13. The maximum Gasteiger partial charge on any atom is 0.257 e. The lowest BCUT2D eigenvalue weighted by molar-refractivity contribution is 0.102. The van der Waals surface area contributed by atoms with Crippen molar-refractivity contribution in [1.29, 1.82) is 0 Å². The van der Waals surface area contributed by atoms with Gasteiger partial charge in [0.15, 0.2) is 0 Å². The lowest BCUT2D eigenvalue weighted by Crippen LogP contribution is -2.20. The van der Waals surface area contributed by atoms with E-state index in [9.17, 15) is 9.59 Å². The van der Waals surface area contributed by atoms with Crippen molar-refractivity contribution in [3.63, 3.8) is 0 Å². The average molecular weight is 287 g/mol. The van der Waals surface area contributed by atoms with Gasteiger partial charge in [-0.25, -0.2) is 0 Å². The lowest BCUT2D eigenvalue weighted by Gasteiger charge is -2.11. The molecule has 0 unspecified atom stereocenters. The van der Waals surface area contributed by atoms with Gasteiger partial charge < -0.3 is 20.4 Å². The normalized spacial score (nSPS) is 10.2. The molecule has 0 saturated carbocycles. The van der Waals surface area contributed by atoms with Crippen LogP contribution < -0.4 is 21.3 Å². The van der Waals surface area contributed by atoms with E-state index in [1.165, 1.54) is 17.7 Å². The predicted molar refractivity (Wildman–Crippen MR) is 81.7 cm³/mol. The molecule has 2 aromatic rings. The number of carbonyl (C=O) groups is 1. The number of rotatable bonds is 4. The Morgan fingerprint density at radius 1 is 1.33 bits per heavy atom. The molecule has 0 aliphatic rings. The Hall–Kier alpha value is -2.76. The van der Waals surface area contributed by atoms with Gasteiger partial charge in [-0.1, -0.05) is 6.07 Å². The van der Waals surface area contributed by atoms with Gasteiger partial charge in [-0.2, -0.15) is 0 Å². The SMILES string of the molecule is CCn1cc(NC(=O)c2cccc(OC)c2N)ccc1=O. The minimum atomic E-state index is -0.354. The van der Waals surface area contributed by atoms with Crippen LogP contribution in [0.4, 0.5) is 11.4 Å². The number of ether oxygens (including phenoxy) is 1. The first-order valence-electron chi connectivity index (χ1n) is 6.51. The molecule has 0 fully saturated rings. The fraction of sp³-hybridized carbons (Fsp3) is 0.200. The van der Waals surface area contributed by atoms with Crippen LogP contribution in [0.2, 0.25) is 0 Å². The van der Waals surface area contributed by atoms with Gasteiger partial charge in [-0.3, -0.25) is 9.59 Å². The summed E-state index contributed by atoms with van der Waals surface area (Å²) >= 11 is 0. The summed E-state index contributed by atoms with van der Waals surface area (Å²) in [5.74, 6) is 0.0916. The Kier molecular flexibility index (Phi) is 4.27. The van der Waals surface area contributed by atoms with Gasteiger partial charge in [0.05, 0.1) is 24.0 Å². The van der Waals surface area contributed by atoms with Crippen molar-refractivity contribution in [1.82, 2.24) is 4.57 Å². The smallest absolute Gasteiger partial charge is 0.257 e. The first kappa shape index (κ1) is 14.6. The highest BCUT2D eigenvalue weighted by molar-refractivity contribution is 6.08. The number of hydrogen-bond donors (Lipinski definition) is 2. The molecular formula is C15H17N3O3. The molecule has 6 heteroatoms. The number of pyridine rings is 1. The first-order valence-corrected chi connectivity index (χ1v) is 6.51. The van der Waals surface area contributed by atoms with Crippen LogP contribution in [0.1, 0.15) is 17.3 Å². The Bertz CT molecular complexity index is 722. The summed E-state index contributed by atoms with van der Waals surface area (Å²) in [6.45, 7) is 2.39. The van der Waals surface area contributed by atoms with Crippen molar-refractivity contribution >= 4 is 17.3 Å². The molecule has 1 heterocycles. The summed E-state index contributed by atoms with van der Waals surface area (Å²) in [7, 11) is 1.49. The highest BCUT2D eigenvalue weighted by atomic mass is 16.5. The molecule has 1 aromatic carbocycles. The van der Waals surface area contributed by atoms with Gasteiger partial charge >= 0.3 is 0 Å². The first-order chi connectivity index (χ1) is 10.1. The number of hydrogen-bond acceptors (Lipinski definition) is 4. The third-order valence-corrected chi connectivity index (χ3v) is 3.11. The largest absolute Gasteiger partial charge is 0.495 e. The predicted octanol–water partition coefficient (Wildman–Crippen LogP) is 1.71. The summed E-state index contributed by atoms with van der Waals surface area (Å²) < 4.78 is 6.59. The quantitative estimate of drug-likeness (QED) is 0.838. The second-order valence-corrected chi connectivity index (χ2v) is 4.42. The van der Waals surface area contributed by atoms with Gasteiger partial charge in [0.25, 0.3) is 11.5 Å². The highest BCUT2D eigenvalue weighted by Crippen LogP contribution is 2.25. The van der Waals surface area contributed by atoms with Gasteiger partial charge in [0.1, 0.15) is 5.75 Å². The molecule has 110 valence electrons. The van der Waals surface area contributed by atoms with Crippen LogP contribution in [0.5, 0.6) is 5.75 Å². The highest BCUT2D eigenvalue weighted by Gasteiger charge is 2.13. The summed E-state index contributed by atoms with van der Waals surface area (Å²) in [6, 6.07) is 7.96. The van der Waals surface area contributed by atoms with Crippen LogP contribution in [0, 0.1) is 0 Å². The van der Waals surface area contributed by atoms with Crippen LogP contribution in [-0.2, 0) is 6.54 Å². The molecular weight excluding hydrogens is 270 g/mol. The topological polar surface area (TPSA) is 86.3 Å². The van der Waals surface area contributed by atoms with Crippen molar-refractivity contribution in [2.75, 3.05) is 18.2 Å². The van der Waals surface area contributed by atoms with E-state index in [0.717, 1.165) is 0 Å². The number of anilines is 2. The molecule has 3 N–H and O–H groups in total. The standard InChI is InChI=1S/C15H17N3O3/c1-3-18-9-10(7-8-13(18)19)17-15(20)11-5-4-6-12(21-2)14(11)16/h4-9H,3,16H2,1-2H3,(H,17,20). The molecule has 1 aromatic heterocycles. The molecule has 0 saturated heterocycles. The molecule has 0 aliphatic heterocycles. The zero-order valence-corrected chi connectivity index (χ0v) is 11.9. The van der Waals surface area contributed by atoms with E-state index in [4.69, 9.17) is 10.5 Å². The number of nitrogens with two attached hydrogens (primary N) is 1. The average Bonchev–Trinajstić information content (AvgIpc) is 2.49. The Labute approximate surface area is 122 Å². The fourth-order valence-corrected chi connectivity index (χ4v) is 1.97. The number of nitrogen functional groups attached to an aromatic ring is 1. The molecule has 6 nitrogen and oxygen atoms in total. The molecule has 0 atom stereocenters. The van der Waals surface area contributed by atoms with Crippen LogP contribution in [0.3, 0.4) is 0 Å². The number of nitrogens with one attached hydrogen (secondary N) is 1. The van der Waals surface area contributed by atoms with E-state index in [0.29, 0.717) is 23.5 Å². The molecule has 2 rings (SSSR count). The zero-order valence-electron chi connectivity index (χ0n) is 11.9. The van der Waals surface area contributed by atoms with E-state index in [-0.39, 0.29) is 17.2 Å². The maximum atomic E-state index is 12.3. The van der Waals surface area contributed by atoms with Gasteiger partial charge in [-0.05, 0) is 25.1 Å². The number of methoxy groups -OCH3 is 1. The Balaban J connectivity index is 2.28. The van der Waals surface area contributed by atoms with Gasteiger partial charge in [-0.15, -0.1) is 0 Å². The monoisotopic (exact) mass is 287 g/mol. The minimum Gasteiger partial charge on any atom is -0.495 e. The van der Waals surface area contributed by atoms with Crippen molar-refractivity contribution in [3.8, 4) is 5.75 Å². The summed E-state index contributed by atoms with van der Waals surface area (Å²) in [5.41, 5.74) is 6.91. The van der Waals surface area contributed by atoms with E-state index >= 15 is 0 Å². The molecule has 0 bridgehead atoms. The Morgan fingerprint density at radius 3 is 2.76 bits per heavy atom. The van der Waals surface area contributed by atoms with E-state index in [1.807, 2.05) is 6.92 Å². The van der Waals surface area contributed by atoms with Crippen LogP contribution in [0.25, 0.3) is 0 Å². The molecule has 0 radical (unpaired) electrons. The van der Waals surface area contributed by atoms with E-state index in [1.54, 1.807) is 30.5 Å². The third-order valence-electron chi connectivity index (χ3n) is 3.11. The molecule has 21 heavy (non-hydrogen) atoms. The number of para-hydroxylation sites is 1. The van der Waals surface area contributed by atoms with Crippen LogP contribution >= 0.6 is 0 Å². The lowest BCUT2D eigenvalue weighted by atomic mass is 10.1. The van der Waals surface area contributed by atoms with E-state index in [2.05, 4.69) is 5.32 Å². The molecule has 1 amide bonds. The summed E-state index contributed by atoms with van der Waals surface area (Å²) in [6.07, 6.45) is 1.59. The molecule has 0 spiro atoms. The van der Waals surface area contributed by atoms with Crippen molar-refractivity contribution < 1.29 is 9.53 Å². The second-order valence-electron chi connectivity index (χ2n) is 4.42. The maximum absolute atomic E-state index is 12.3. The zero-order chi connectivity index (χ0) is 15.4. The van der Waals surface area contributed by atoms with Crippen molar-refractivity contribution in [2.45, 2.75) is 13.5 Å². The number of aromatic nitrogens is 1. The number of benzene rings is 1. The minimum absolute atomic E-state index is 0.114. The number of carbonyl (C=O) groups excluding carboxylic acids is 1. The van der Waals surface area contributed by atoms with Gasteiger partial charge in [0.2, 0.25) is 0 Å². The van der Waals surface area contributed by atoms with Crippen molar-refractivity contribution in [2.24, 2.45) is 0 Å². The molecule has 0 aliphatic carbocycles. The third kappa shape index (κ3) is 3.05. The summed E-state index contributed by atoms with van der Waals surface area (Å²) in [5, 5.41) is 2.72.